The van der Waals surface area contributed by atoms with Crippen LogP contribution in [-0.2, 0) is 0 Å². The van der Waals surface area contributed by atoms with Gasteiger partial charge < -0.3 is 9.47 Å². The highest BCUT2D eigenvalue weighted by Crippen LogP contribution is 2.17. The number of aromatic nitrogens is 1. The number of carbonyl (C=O) groups excluding carboxylic acids is 1. The van der Waals surface area contributed by atoms with Crippen molar-refractivity contribution in [2.45, 2.75) is 0 Å². The molecule has 0 spiro atoms. The van der Waals surface area contributed by atoms with Gasteiger partial charge in [0.15, 0.2) is 0 Å². The largest absolute Gasteiger partial charge is 0.378 e. The molecule has 0 fully saturated rings. The number of carbonyl (C=O) groups is 1. The molecule has 0 radical (unpaired) electrons. The fraction of sp³-hybridized carbons (Fsp3) is 0.100. The molecule has 0 saturated carbocycles. The number of benzene rings is 2. The Labute approximate surface area is 161 Å². The minimum Gasteiger partial charge on any atom is -0.378 e. The first-order chi connectivity index (χ1) is 13.5. The topological polar surface area (TPSA) is 92.8 Å². The van der Waals surface area contributed by atoms with Crippen molar-refractivity contribution in [3.05, 3.63) is 88.2 Å². The summed E-state index contributed by atoms with van der Waals surface area (Å²) in [5.74, 6) is -0.310. The summed E-state index contributed by atoms with van der Waals surface area (Å²) in [7, 11) is 3.86. The maximum atomic E-state index is 12.2. The van der Waals surface area contributed by atoms with E-state index in [9.17, 15) is 14.9 Å². The highest BCUT2D eigenvalue weighted by molar-refractivity contribution is 5.95. The molecule has 1 N–H and O–H groups in total. The van der Waals surface area contributed by atoms with Crippen LogP contribution < -0.4 is 10.3 Å². The first-order valence-corrected chi connectivity index (χ1v) is 8.48. The Bertz CT molecular complexity index is 1010. The number of amides is 1. The molecule has 0 aliphatic rings. The number of nitro groups is 1. The van der Waals surface area contributed by atoms with Crippen molar-refractivity contribution in [2.24, 2.45) is 5.10 Å². The third kappa shape index (κ3) is 4.24. The van der Waals surface area contributed by atoms with Crippen molar-refractivity contribution in [1.82, 2.24) is 9.99 Å². The van der Waals surface area contributed by atoms with Gasteiger partial charge in [-0.05, 0) is 48.5 Å². The van der Waals surface area contributed by atoms with Gasteiger partial charge in [0.25, 0.3) is 11.6 Å². The number of nitrogens with zero attached hydrogens (tertiary/aromatic N) is 4. The first kappa shape index (κ1) is 18.8. The van der Waals surface area contributed by atoms with E-state index in [1.54, 1.807) is 24.3 Å². The monoisotopic (exact) mass is 377 g/mol. The molecule has 142 valence electrons. The minimum absolute atomic E-state index is 0.0265. The van der Waals surface area contributed by atoms with Crippen molar-refractivity contribution in [3.63, 3.8) is 0 Å². The number of anilines is 1. The van der Waals surface area contributed by atoms with Crippen LogP contribution >= 0.6 is 0 Å². The van der Waals surface area contributed by atoms with Crippen molar-refractivity contribution in [1.29, 1.82) is 0 Å². The number of hydrogen-bond donors (Lipinski definition) is 1. The Morgan fingerprint density at radius 1 is 1.11 bits per heavy atom. The van der Waals surface area contributed by atoms with E-state index in [4.69, 9.17) is 0 Å². The number of rotatable bonds is 6. The Morgan fingerprint density at radius 2 is 1.79 bits per heavy atom. The summed E-state index contributed by atoms with van der Waals surface area (Å²) < 4.78 is 1.81. The second-order valence-electron chi connectivity index (χ2n) is 6.22. The lowest BCUT2D eigenvalue weighted by Gasteiger charge is -2.12. The molecule has 3 rings (SSSR count). The highest BCUT2D eigenvalue weighted by atomic mass is 16.6. The molecule has 1 heterocycles. The van der Waals surface area contributed by atoms with Crippen LogP contribution in [0.1, 0.15) is 16.1 Å². The molecule has 0 atom stereocenters. The van der Waals surface area contributed by atoms with Crippen molar-refractivity contribution < 1.29 is 9.72 Å². The molecule has 2 aromatic carbocycles. The van der Waals surface area contributed by atoms with Gasteiger partial charge in [-0.3, -0.25) is 14.9 Å². The summed E-state index contributed by atoms with van der Waals surface area (Å²) in [6.07, 6.45) is 3.33. The summed E-state index contributed by atoms with van der Waals surface area (Å²) in [5, 5.41) is 14.8. The molecule has 1 amide bonds. The van der Waals surface area contributed by atoms with Crippen LogP contribution in [0.4, 0.5) is 11.4 Å². The molecule has 28 heavy (non-hydrogen) atoms. The van der Waals surface area contributed by atoms with E-state index >= 15 is 0 Å². The third-order valence-electron chi connectivity index (χ3n) is 4.13. The Kier molecular flexibility index (Phi) is 5.50. The zero-order chi connectivity index (χ0) is 20.1. The standard InChI is InChI=1S/C20H19N5O3/c1-23(2)16-7-5-15(6-8-16)20(26)22-21-14-19-4-3-13-24(19)17-9-11-18(12-10-17)25(27)28/h3-14H,1-2H3,(H,22,26). The van der Waals surface area contributed by atoms with Crippen LogP contribution in [0.25, 0.3) is 5.69 Å². The van der Waals surface area contributed by atoms with Gasteiger partial charge in [0.2, 0.25) is 0 Å². The average Bonchev–Trinajstić information content (AvgIpc) is 3.16. The maximum absolute atomic E-state index is 12.2. The Morgan fingerprint density at radius 3 is 2.39 bits per heavy atom. The number of nitro benzene ring substituents is 1. The molecule has 3 aromatic rings. The summed E-state index contributed by atoms with van der Waals surface area (Å²) in [6.45, 7) is 0. The highest BCUT2D eigenvalue weighted by Gasteiger charge is 2.07. The fourth-order valence-electron chi connectivity index (χ4n) is 2.60. The van der Waals surface area contributed by atoms with Crippen LogP contribution in [0.5, 0.6) is 0 Å². The first-order valence-electron chi connectivity index (χ1n) is 8.48. The van der Waals surface area contributed by atoms with E-state index in [1.165, 1.54) is 18.3 Å². The van der Waals surface area contributed by atoms with Crippen LogP contribution in [-0.4, -0.2) is 35.7 Å². The number of nitrogens with one attached hydrogen (secondary N) is 1. The SMILES string of the molecule is CN(C)c1ccc(C(=O)NN=Cc2cccn2-c2ccc([N+](=O)[O-])cc2)cc1. The lowest BCUT2D eigenvalue weighted by atomic mass is 10.2. The second kappa shape index (κ2) is 8.17. The third-order valence-corrected chi connectivity index (χ3v) is 4.13. The minimum atomic E-state index is -0.442. The van der Waals surface area contributed by atoms with E-state index in [0.717, 1.165) is 17.1 Å². The van der Waals surface area contributed by atoms with Gasteiger partial charge >= 0.3 is 0 Å². The molecule has 8 nitrogen and oxygen atoms in total. The molecule has 0 aliphatic carbocycles. The Balaban J connectivity index is 1.69. The van der Waals surface area contributed by atoms with Crippen LogP contribution in [0.3, 0.4) is 0 Å². The van der Waals surface area contributed by atoms with Gasteiger partial charge in [0.1, 0.15) is 0 Å². The van der Waals surface area contributed by atoms with Gasteiger partial charge in [-0.2, -0.15) is 5.10 Å². The molecule has 0 bridgehead atoms. The van der Waals surface area contributed by atoms with Gasteiger partial charge in [-0.15, -0.1) is 0 Å². The Hall–Kier alpha value is -3.94. The maximum Gasteiger partial charge on any atom is 0.271 e. The molecule has 0 saturated heterocycles. The van der Waals surface area contributed by atoms with Gasteiger partial charge in [0.05, 0.1) is 16.8 Å². The fourth-order valence-corrected chi connectivity index (χ4v) is 2.60. The molecule has 0 unspecified atom stereocenters. The van der Waals surface area contributed by atoms with E-state index in [0.29, 0.717) is 5.56 Å². The van der Waals surface area contributed by atoms with Crippen LogP contribution in [0.15, 0.2) is 72.0 Å². The summed E-state index contributed by atoms with van der Waals surface area (Å²) in [5.41, 5.74) is 5.51. The van der Waals surface area contributed by atoms with Gasteiger partial charge in [-0.1, -0.05) is 0 Å². The molecular formula is C20H19N5O3. The van der Waals surface area contributed by atoms with Gasteiger partial charge in [0, 0.05) is 49.4 Å². The summed E-state index contributed by atoms with van der Waals surface area (Å²) in [4.78, 5) is 24.5. The normalized spacial score (nSPS) is 10.8. The predicted molar refractivity (Wildman–Crippen MR) is 108 cm³/mol. The van der Waals surface area contributed by atoms with E-state index < -0.39 is 4.92 Å². The molecule has 1 aromatic heterocycles. The van der Waals surface area contributed by atoms with Crippen molar-refractivity contribution in [2.75, 3.05) is 19.0 Å². The summed E-state index contributed by atoms with van der Waals surface area (Å²) in [6, 6.07) is 17.0. The molecular weight excluding hydrogens is 358 g/mol. The molecule has 8 heteroatoms. The summed E-state index contributed by atoms with van der Waals surface area (Å²) >= 11 is 0. The number of hydrogen-bond acceptors (Lipinski definition) is 5. The van der Waals surface area contributed by atoms with Crippen LogP contribution in [0.2, 0.25) is 0 Å². The van der Waals surface area contributed by atoms with Crippen molar-refractivity contribution >= 4 is 23.5 Å². The predicted octanol–water partition coefficient (Wildman–Crippen LogP) is 3.22. The zero-order valence-electron chi connectivity index (χ0n) is 15.4. The average molecular weight is 377 g/mol. The quantitative estimate of drug-likeness (QED) is 0.405. The number of non-ortho nitro benzene ring substituents is 1. The van der Waals surface area contributed by atoms with Gasteiger partial charge in [-0.25, -0.2) is 5.43 Å². The number of hydrazone groups is 1. The van der Waals surface area contributed by atoms with E-state index in [1.807, 2.05) is 54.0 Å². The van der Waals surface area contributed by atoms with Crippen LogP contribution in [0, 0.1) is 10.1 Å². The smallest absolute Gasteiger partial charge is 0.271 e. The lowest BCUT2D eigenvalue weighted by molar-refractivity contribution is -0.384. The lowest BCUT2D eigenvalue weighted by Crippen LogP contribution is -2.18. The van der Waals surface area contributed by atoms with E-state index in [2.05, 4.69) is 10.5 Å². The van der Waals surface area contributed by atoms with Crippen molar-refractivity contribution in [3.8, 4) is 5.69 Å². The van der Waals surface area contributed by atoms with E-state index in [-0.39, 0.29) is 11.6 Å². The second-order valence-corrected chi connectivity index (χ2v) is 6.22. The molecule has 0 aliphatic heterocycles. The zero-order valence-corrected chi connectivity index (χ0v) is 15.4.